The number of hydrogen-bond acceptors (Lipinski definition) is 2. The second-order valence-corrected chi connectivity index (χ2v) is 5.38. The molecule has 0 amide bonds. The number of halogens is 2. The topological polar surface area (TPSA) is 29.9 Å². The lowest BCUT2D eigenvalue weighted by Gasteiger charge is -2.16. The number of imidazole rings is 1. The molecule has 0 spiro atoms. The third kappa shape index (κ3) is 2.97. The van der Waals surface area contributed by atoms with Crippen molar-refractivity contribution in [3.05, 3.63) is 52.6 Å². The van der Waals surface area contributed by atoms with Gasteiger partial charge in [-0.15, -0.1) is 0 Å². The summed E-state index contributed by atoms with van der Waals surface area (Å²) in [5.41, 5.74) is 3.07. The van der Waals surface area contributed by atoms with E-state index in [-0.39, 0.29) is 0 Å². The minimum Gasteiger partial charge on any atom is -0.331 e. The molecule has 2 heterocycles. The number of aromatic nitrogens is 2. The van der Waals surface area contributed by atoms with E-state index in [9.17, 15) is 8.78 Å². The first-order chi connectivity index (χ1) is 10.2. The van der Waals surface area contributed by atoms with Crippen molar-refractivity contribution in [1.82, 2.24) is 14.9 Å². The highest BCUT2D eigenvalue weighted by Crippen LogP contribution is 2.18. The average Bonchev–Trinajstić information content (AvgIpc) is 2.82. The summed E-state index contributed by atoms with van der Waals surface area (Å²) in [5, 5.41) is 3.32. The van der Waals surface area contributed by atoms with Crippen LogP contribution >= 0.6 is 0 Å². The minimum atomic E-state index is -0.516. The van der Waals surface area contributed by atoms with E-state index in [1.54, 1.807) is 0 Å². The summed E-state index contributed by atoms with van der Waals surface area (Å²) in [4.78, 5) is 4.67. The third-order valence-electron chi connectivity index (χ3n) is 3.93. The molecule has 2 aromatic rings. The number of rotatable bonds is 4. The zero-order valence-electron chi connectivity index (χ0n) is 12.1. The number of nitrogens with zero attached hydrogens (tertiary/aromatic N) is 2. The van der Waals surface area contributed by atoms with Crippen LogP contribution in [0.5, 0.6) is 0 Å². The fourth-order valence-corrected chi connectivity index (χ4v) is 2.96. The quantitative estimate of drug-likeness (QED) is 0.938. The molecule has 3 nitrogen and oxygen atoms in total. The van der Waals surface area contributed by atoms with Gasteiger partial charge in [0, 0.05) is 44.2 Å². The molecule has 1 aliphatic rings. The third-order valence-corrected chi connectivity index (χ3v) is 3.93. The molecule has 112 valence electrons. The van der Waals surface area contributed by atoms with Crippen LogP contribution < -0.4 is 5.32 Å². The van der Waals surface area contributed by atoms with Gasteiger partial charge in [-0.3, -0.25) is 0 Å². The SMILES string of the molecule is CCc1nc2c(n1CCc1cc(F)cc(F)c1)CCNC2. The van der Waals surface area contributed by atoms with Crippen LogP contribution in [0, 0.1) is 11.6 Å². The highest BCUT2D eigenvalue weighted by atomic mass is 19.1. The number of aryl methyl sites for hydroxylation is 2. The molecule has 1 aliphatic heterocycles. The number of benzene rings is 1. The Balaban J connectivity index is 1.82. The van der Waals surface area contributed by atoms with E-state index in [1.165, 1.54) is 17.8 Å². The van der Waals surface area contributed by atoms with Crippen LogP contribution in [-0.2, 0) is 32.4 Å². The summed E-state index contributed by atoms with van der Waals surface area (Å²) in [6.07, 6.45) is 2.43. The normalized spacial score (nSPS) is 14.2. The second-order valence-electron chi connectivity index (χ2n) is 5.38. The standard InChI is InChI=1S/C16H19F2N3/c1-2-16-20-14-10-19-5-3-15(14)21(16)6-4-11-7-12(17)9-13(18)8-11/h7-9,19H,2-6,10H2,1H3. The lowest BCUT2D eigenvalue weighted by atomic mass is 10.1. The lowest BCUT2D eigenvalue weighted by molar-refractivity contribution is 0.564. The molecule has 3 rings (SSSR count). The number of nitrogens with one attached hydrogen (secondary N) is 1. The number of fused-ring (bicyclic) bond motifs is 1. The van der Waals surface area contributed by atoms with Crippen LogP contribution in [0.1, 0.15) is 29.7 Å². The van der Waals surface area contributed by atoms with Gasteiger partial charge in [-0.25, -0.2) is 13.8 Å². The Kier molecular flexibility index (Phi) is 4.01. The van der Waals surface area contributed by atoms with Gasteiger partial charge in [0.05, 0.1) is 5.69 Å². The molecular formula is C16H19F2N3. The Bertz CT molecular complexity index is 629. The molecule has 0 atom stereocenters. The van der Waals surface area contributed by atoms with Crippen molar-refractivity contribution >= 4 is 0 Å². The minimum absolute atomic E-state index is 0.516. The zero-order chi connectivity index (χ0) is 14.8. The van der Waals surface area contributed by atoms with Gasteiger partial charge in [0.2, 0.25) is 0 Å². The molecule has 1 aromatic carbocycles. The summed E-state index contributed by atoms with van der Waals surface area (Å²) < 4.78 is 28.7. The maximum Gasteiger partial charge on any atom is 0.126 e. The van der Waals surface area contributed by atoms with Crippen molar-refractivity contribution in [1.29, 1.82) is 0 Å². The fourth-order valence-electron chi connectivity index (χ4n) is 2.96. The maximum absolute atomic E-state index is 13.2. The molecule has 0 fully saturated rings. The van der Waals surface area contributed by atoms with Crippen LogP contribution in [-0.4, -0.2) is 16.1 Å². The molecule has 0 bridgehead atoms. The van der Waals surface area contributed by atoms with E-state index in [2.05, 4.69) is 21.8 Å². The molecule has 0 saturated heterocycles. The smallest absolute Gasteiger partial charge is 0.126 e. The van der Waals surface area contributed by atoms with E-state index in [4.69, 9.17) is 0 Å². The molecule has 0 aliphatic carbocycles. The Morgan fingerprint density at radius 1 is 1.24 bits per heavy atom. The molecule has 0 unspecified atom stereocenters. The summed E-state index contributed by atoms with van der Waals surface area (Å²) in [7, 11) is 0. The van der Waals surface area contributed by atoms with Crippen molar-refractivity contribution in [2.24, 2.45) is 0 Å². The van der Waals surface area contributed by atoms with Gasteiger partial charge in [-0.2, -0.15) is 0 Å². The molecule has 0 saturated carbocycles. The summed E-state index contributed by atoms with van der Waals surface area (Å²) >= 11 is 0. The van der Waals surface area contributed by atoms with Gasteiger partial charge in [-0.1, -0.05) is 6.92 Å². The van der Waals surface area contributed by atoms with Gasteiger partial charge in [0.25, 0.3) is 0 Å². The Morgan fingerprint density at radius 2 is 2.00 bits per heavy atom. The van der Waals surface area contributed by atoms with Gasteiger partial charge in [0.1, 0.15) is 17.5 Å². The Morgan fingerprint density at radius 3 is 2.71 bits per heavy atom. The van der Waals surface area contributed by atoms with Crippen molar-refractivity contribution in [3.8, 4) is 0 Å². The first kappa shape index (κ1) is 14.2. The van der Waals surface area contributed by atoms with E-state index in [0.717, 1.165) is 43.5 Å². The Hall–Kier alpha value is -1.75. The largest absolute Gasteiger partial charge is 0.331 e. The molecule has 1 aromatic heterocycles. The van der Waals surface area contributed by atoms with E-state index < -0.39 is 11.6 Å². The highest BCUT2D eigenvalue weighted by Gasteiger charge is 2.18. The van der Waals surface area contributed by atoms with Crippen LogP contribution in [0.2, 0.25) is 0 Å². The van der Waals surface area contributed by atoms with Crippen LogP contribution in [0.25, 0.3) is 0 Å². The van der Waals surface area contributed by atoms with E-state index >= 15 is 0 Å². The predicted molar refractivity (Wildman–Crippen MR) is 77.1 cm³/mol. The van der Waals surface area contributed by atoms with E-state index in [1.807, 2.05) is 0 Å². The van der Waals surface area contributed by atoms with Crippen molar-refractivity contribution in [2.75, 3.05) is 6.54 Å². The molecule has 21 heavy (non-hydrogen) atoms. The van der Waals surface area contributed by atoms with Gasteiger partial charge >= 0.3 is 0 Å². The number of hydrogen-bond donors (Lipinski definition) is 1. The second kappa shape index (κ2) is 5.93. The van der Waals surface area contributed by atoms with Gasteiger partial charge in [0.15, 0.2) is 0 Å². The fraction of sp³-hybridized carbons (Fsp3) is 0.438. The monoisotopic (exact) mass is 291 g/mol. The van der Waals surface area contributed by atoms with Crippen LogP contribution in [0.15, 0.2) is 18.2 Å². The van der Waals surface area contributed by atoms with Crippen molar-refractivity contribution < 1.29 is 8.78 Å². The van der Waals surface area contributed by atoms with Crippen molar-refractivity contribution in [3.63, 3.8) is 0 Å². The van der Waals surface area contributed by atoms with E-state index in [0.29, 0.717) is 18.5 Å². The molecule has 0 radical (unpaired) electrons. The van der Waals surface area contributed by atoms with Gasteiger partial charge < -0.3 is 9.88 Å². The summed E-state index contributed by atoms with van der Waals surface area (Å²) in [5.74, 6) is 0.0238. The first-order valence-corrected chi connectivity index (χ1v) is 7.40. The predicted octanol–water partition coefficient (Wildman–Crippen LogP) is 2.61. The maximum atomic E-state index is 13.2. The first-order valence-electron chi connectivity index (χ1n) is 7.40. The molecule has 5 heteroatoms. The lowest BCUT2D eigenvalue weighted by Crippen LogP contribution is -2.25. The zero-order valence-corrected chi connectivity index (χ0v) is 12.1. The average molecular weight is 291 g/mol. The van der Waals surface area contributed by atoms with Gasteiger partial charge in [-0.05, 0) is 24.1 Å². The Labute approximate surface area is 123 Å². The van der Waals surface area contributed by atoms with Crippen LogP contribution in [0.4, 0.5) is 8.78 Å². The van der Waals surface area contributed by atoms with Crippen LogP contribution in [0.3, 0.4) is 0 Å². The molecular weight excluding hydrogens is 272 g/mol. The highest BCUT2D eigenvalue weighted by molar-refractivity contribution is 5.22. The van der Waals surface area contributed by atoms with Crippen molar-refractivity contribution in [2.45, 2.75) is 39.3 Å². The summed E-state index contributed by atoms with van der Waals surface area (Å²) in [6.45, 7) is 4.56. The summed E-state index contributed by atoms with van der Waals surface area (Å²) in [6, 6.07) is 3.71. The molecule has 1 N–H and O–H groups in total.